The van der Waals surface area contributed by atoms with Gasteiger partial charge < -0.3 is 15.6 Å². The van der Waals surface area contributed by atoms with Gasteiger partial charge in [0.05, 0.1) is 27.8 Å². The fraction of sp³-hybridized carbons (Fsp3) is 0.333. The highest BCUT2D eigenvalue weighted by molar-refractivity contribution is 7.98. The van der Waals surface area contributed by atoms with Crippen LogP contribution in [0, 0.1) is 0 Å². The van der Waals surface area contributed by atoms with Crippen LogP contribution in [-0.4, -0.2) is 55.9 Å². The molecule has 0 aliphatic heterocycles. The van der Waals surface area contributed by atoms with Crippen LogP contribution in [-0.2, 0) is 26.0 Å². The van der Waals surface area contributed by atoms with E-state index >= 15 is 0 Å². The van der Waals surface area contributed by atoms with Crippen LogP contribution in [0.3, 0.4) is 0 Å². The largest absolute Gasteiger partial charge is 0.453 e. The first kappa shape index (κ1) is 27.9. The molecule has 0 aliphatic carbocycles. The molecule has 7 nitrogen and oxygen atoms in total. The monoisotopic (exact) mass is 536 g/mol. The maximum absolute atomic E-state index is 13.0. The number of sulfone groups is 1. The summed E-state index contributed by atoms with van der Waals surface area (Å²) in [5, 5.41) is 9.50. The minimum Gasteiger partial charge on any atom is -0.453 e. The lowest BCUT2D eigenvalue weighted by molar-refractivity contribution is -0.139. The van der Waals surface area contributed by atoms with Gasteiger partial charge in [-0.2, -0.15) is 13.2 Å². The fourth-order valence-electron chi connectivity index (χ4n) is 2.66. The standard InChI is InChI=1S/C21H23F3N2O5S3/c1-3-34(29,30)18-8-13(4-5-14(18)11-27)16-6-7-17(33-16)15(9-19(25)21(22,23)24)26-10-20(28)31-12-32-2/h4-9,27H,3,10-12,25H2,1-2H3. The van der Waals surface area contributed by atoms with Gasteiger partial charge in [-0.25, -0.2) is 8.42 Å². The number of ether oxygens (including phenoxy) is 1. The van der Waals surface area contributed by atoms with E-state index in [0.29, 0.717) is 16.5 Å². The highest BCUT2D eigenvalue weighted by Gasteiger charge is 2.32. The van der Waals surface area contributed by atoms with Gasteiger partial charge in [0, 0.05) is 4.88 Å². The van der Waals surface area contributed by atoms with Crippen LogP contribution in [0.4, 0.5) is 13.2 Å². The number of nitrogens with two attached hydrogens (primary N) is 1. The van der Waals surface area contributed by atoms with Gasteiger partial charge in [0.2, 0.25) is 0 Å². The van der Waals surface area contributed by atoms with Crippen LogP contribution in [0.15, 0.2) is 52.0 Å². The molecule has 0 bridgehead atoms. The first-order chi connectivity index (χ1) is 15.9. The maximum atomic E-state index is 13.0. The molecule has 0 spiro atoms. The van der Waals surface area contributed by atoms with Crippen molar-refractivity contribution in [2.45, 2.75) is 24.6 Å². The molecule has 3 N–H and O–H groups in total. The van der Waals surface area contributed by atoms with E-state index in [1.54, 1.807) is 18.4 Å². The molecule has 0 aliphatic rings. The van der Waals surface area contributed by atoms with E-state index in [2.05, 4.69) is 4.99 Å². The van der Waals surface area contributed by atoms with Crippen LogP contribution < -0.4 is 5.73 Å². The van der Waals surface area contributed by atoms with Gasteiger partial charge in [-0.15, -0.1) is 23.1 Å². The van der Waals surface area contributed by atoms with E-state index < -0.39 is 40.8 Å². The average Bonchev–Trinajstić information content (AvgIpc) is 3.29. The summed E-state index contributed by atoms with van der Waals surface area (Å²) < 4.78 is 68.7. The number of thiophene rings is 1. The number of halogens is 3. The highest BCUT2D eigenvalue weighted by atomic mass is 32.2. The van der Waals surface area contributed by atoms with Crippen molar-refractivity contribution < 1.29 is 36.2 Å². The van der Waals surface area contributed by atoms with Crippen LogP contribution in [0.2, 0.25) is 0 Å². The van der Waals surface area contributed by atoms with Gasteiger partial charge in [-0.3, -0.25) is 9.79 Å². The van der Waals surface area contributed by atoms with E-state index in [4.69, 9.17) is 10.5 Å². The Bertz CT molecular complexity index is 1190. The van der Waals surface area contributed by atoms with Gasteiger partial charge in [0.25, 0.3) is 0 Å². The third kappa shape index (κ3) is 7.32. The number of allylic oxidation sites excluding steroid dienone is 2. The first-order valence-electron chi connectivity index (χ1n) is 9.73. The predicted molar refractivity (Wildman–Crippen MR) is 128 cm³/mol. The number of rotatable bonds is 10. The molecule has 0 radical (unpaired) electrons. The number of aliphatic hydroxyl groups excluding tert-OH is 1. The second-order valence-corrected chi connectivity index (χ2v) is 10.9. The van der Waals surface area contributed by atoms with E-state index in [0.717, 1.165) is 11.3 Å². The molecular formula is C21H23F3N2O5S3. The Kier molecular flexibility index (Phi) is 9.74. The Balaban J connectivity index is 2.49. The Hall–Kier alpha value is -2.35. The van der Waals surface area contributed by atoms with Crippen molar-refractivity contribution in [1.29, 1.82) is 0 Å². The van der Waals surface area contributed by atoms with Crippen molar-refractivity contribution in [3.05, 3.63) is 52.5 Å². The third-order valence-electron chi connectivity index (χ3n) is 4.43. The molecule has 13 heteroatoms. The lowest BCUT2D eigenvalue weighted by Gasteiger charge is -2.09. The lowest BCUT2D eigenvalue weighted by atomic mass is 10.1. The number of carbonyl (C=O) groups is 1. The van der Waals surface area contributed by atoms with Crippen LogP contribution in [0.25, 0.3) is 10.4 Å². The van der Waals surface area contributed by atoms with Crippen LogP contribution in [0.1, 0.15) is 17.4 Å². The number of thioether (sulfide) groups is 1. The summed E-state index contributed by atoms with van der Waals surface area (Å²) in [5.74, 6) is -0.791. The molecule has 0 saturated heterocycles. The van der Waals surface area contributed by atoms with Crippen LogP contribution in [0.5, 0.6) is 0 Å². The molecule has 0 atom stereocenters. The van der Waals surface area contributed by atoms with Crippen molar-refractivity contribution in [2.24, 2.45) is 10.7 Å². The Labute approximate surface area is 203 Å². The van der Waals surface area contributed by atoms with Gasteiger partial charge in [-0.1, -0.05) is 19.1 Å². The number of alkyl halides is 3. The quantitative estimate of drug-likeness (QED) is 0.270. The number of hydrogen-bond donors (Lipinski definition) is 2. The number of aliphatic imine (C=N–C) groups is 1. The topological polar surface area (TPSA) is 119 Å². The summed E-state index contributed by atoms with van der Waals surface area (Å²) >= 11 is 2.30. The molecule has 0 unspecified atom stereocenters. The average molecular weight is 537 g/mol. The van der Waals surface area contributed by atoms with E-state index in [9.17, 15) is 31.5 Å². The number of benzene rings is 1. The van der Waals surface area contributed by atoms with Gasteiger partial charge in [0.15, 0.2) is 9.84 Å². The Morgan fingerprint density at radius 1 is 1.29 bits per heavy atom. The number of aliphatic hydroxyl groups is 1. The molecule has 2 aromatic rings. The van der Waals surface area contributed by atoms with E-state index in [-0.39, 0.29) is 32.7 Å². The molecule has 2 rings (SSSR count). The van der Waals surface area contributed by atoms with E-state index in [1.807, 2.05) is 0 Å². The van der Waals surface area contributed by atoms with Crippen molar-refractivity contribution in [3.63, 3.8) is 0 Å². The van der Waals surface area contributed by atoms with Crippen molar-refractivity contribution in [2.75, 3.05) is 24.5 Å². The molecule has 186 valence electrons. The van der Waals surface area contributed by atoms with Gasteiger partial charge in [0.1, 0.15) is 18.2 Å². The Morgan fingerprint density at radius 3 is 2.59 bits per heavy atom. The molecule has 1 heterocycles. The number of nitrogens with zero attached hydrogens (tertiary/aromatic N) is 1. The third-order valence-corrected chi connectivity index (χ3v) is 7.75. The maximum Gasteiger partial charge on any atom is 0.430 e. The second kappa shape index (κ2) is 11.9. The smallest absolute Gasteiger partial charge is 0.430 e. The van der Waals surface area contributed by atoms with Gasteiger partial charge in [-0.05, 0) is 41.7 Å². The highest BCUT2D eigenvalue weighted by Crippen LogP contribution is 2.32. The molecule has 1 aromatic heterocycles. The summed E-state index contributed by atoms with van der Waals surface area (Å²) in [6.45, 7) is 0.515. The Morgan fingerprint density at radius 2 is 2.00 bits per heavy atom. The zero-order valence-electron chi connectivity index (χ0n) is 18.3. The predicted octanol–water partition coefficient (Wildman–Crippen LogP) is 3.76. The van der Waals surface area contributed by atoms with Crippen LogP contribution >= 0.6 is 23.1 Å². The summed E-state index contributed by atoms with van der Waals surface area (Å²) in [5.41, 5.74) is 4.34. The van der Waals surface area contributed by atoms with Crippen molar-refractivity contribution in [1.82, 2.24) is 0 Å². The minimum absolute atomic E-state index is 0.0170. The normalized spacial score (nSPS) is 13.2. The molecular weight excluding hydrogens is 513 g/mol. The number of hydrogen-bond acceptors (Lipinski definition) is 9. The summed E-state index contributed by atoms with van der Waals surface area (Å²) in [6.07, 6.45) is -2.44. The summed E-state index contributed by atoms with van der Waals surface area (Å²) in [7, 11) is -3.62. The zero-order valence-corrected chi connectivity index (χ0v) is 20.7. The molecule has 0 amide bonds. The van der Waals surface area contributed by atoms with Gasteiger partial charge >= 0.3 is 12.1 Å². The molecule has 34 heavy (non-hydrogen) atoms. The number of esters is 1. The fourth-order valence-corrected chi connectivity index (χ4v) is 5.04. The van der Waals surface area contributed by atoms with Crippen molar-refractivity contribution in [3.8, 4) is 10.4 Å². The molecule has 0 saturated carbocycles. The van der Waals surface area contributed by atoms with Crippen molar-refractivity contribution >= 4 is 44.6 Å². The first-order valence-corrected chi connectivity index (χ1v) is 13.6. The summed E-state index contributed by atoms with van der Waals surface area (Å²) in [6, 6.07) is 7.59. The lowest BCUT2D eigenvalue weighted by Crippen LogP contribution is -2.21. The minimum atomic E-state index is -4.79. The second-order valence-electron chi connectivity index (χ2n) is 6.77. The summed E-state index contributed by atoms with van der Waals surface area (Å²) in [4.78, 5) is 16.6. The molecule has 1 aromatic carbocycles. The molecule has 0 fully saturated rings. The zero-order chi connectivity index (χ0) is 25.5. The van der Waals surface area contributed by atoms with E-state index in [1.165, 1.54) is 36.9 Å². The SMILES string of the molecule is CCS(=O)(=O)c1cc(-c2ccc(C(C=C(N)C(F)(F)F)=NCC(=O)OCSC)s2)ccc1CO. The number of carbonyl (C=O) groups excluding carboxylic acids is 1.